The topological polar surface area (TPSA) is 49.7 Å². The predicted molar refractivity (Wildman–Crippen MR) is 45.7 cm³/mol. The molecular formula is C9H18O3. The van der Waals surface area contributed by atoms with Gasteiger partial charge in [-0.3, -0.25) is 5.26 Å². The summed E-state index contributed by atoms with van der Waals surface area (Å²) < 4.78 is 0. The van der Waals surface area contributed by atoms with Crippen LogP contribution in [0.4, 0.5) is 0 Å². The van der Waals surface area contributed by atoms with E-state index in [9.17, 15) is 5.11 Å². The van der Waals surface area contributed by atoms with Gasteiger partial charge in [0.25, 0.3) is 0 Å². The zero-order valence-corrected chi connectivity index (χ0v) is 7.57. The molecule has 1 fully saturated rings. The van der Waals surface area contributed by atoms with E-state index in [0.717, 1.165) is 18.8 Å². The zero-order chi connectivity index (χ0) is 8.97. The standard InChI is InChI=1S/C9H18O3/c1-7-2-4-8(5-3-7)9(10)6-12-11/h7-11H,2-6H2,1H3. The summed E-state index contributed by atoms with van der Waals surface area (Å²) >= 11 is 0. The quantitative estimate of drug-likeness (QED) is 0.505. The van der Waals surface area contributed by atoms with Gasteiger partial charge in [0.2, 0.25) is 0 Å². The van der Waals surface area contributed by atoms with E-state index in [1.165, 1.54) is 12.8 Å². The summed E-state index contributed by atoms with van der Waals surface area (Å²) in [7, 11) is 0. The fourth-order valence-electron chi connectivity index (χ4n) is 1.88. The van der Waals surface area contributed by atoms with Gasteiger partial charge in [-0.2, -0.15) is 0 Å². The SMILES string of the molecule is CC1CCC(C(O)COO)CC1. The maximum absolute atomic E-state index is 9.48. The van der Waals surface area contributed by atoms with E-state index < -0.39 is 6.10 Å². The fraction of sp³-hybridized carbons (Fsp3) is 1.00. The number of rotatable bonds is 3. The third-order valence-corrected chi connectivity index (χ3v) is 2.85. The molecule has 1 aliphatic rings. The molecule has 1 aliphatic carbocycles. The van der Waals surface area contributed by atoms with Crippen LogP contribution in [0.5, 0.6) is 0 Å². The molecule has 0 amide bonds. The van der Waals surface area contributed by atoms with E-state index in [0.29, 0.717) is 5.92 Å². The molecule has 0 aliphatic heterocycles. The molecule has 0 aromatic rings. The van der Waals surface area contributed by atoms with Gasteiger partial charge < -0.3 is 5.11 Å². The van der Waals surface area contributed by atoms with Crippen LogP contribution in [0, 0.1) is 11.8 Å². The number of hydrogen-bond acceptors (Lipinski definition) is 3. The van der Waals surface area contributed by atoms with Crippen LogP contribution in [0.3, 0.4) is 0 Å². The van der Waals surface area contributed by atoms with Crippen molar-refractivity contribution in [3.05, 3.63) is 0 Å². The average Bonchev–Trinajstić information content (AvgIpc) is 2.06. The molecule has 1 unspecified atom stereocenters. The van der Waals surface area contributed by atoms with Crippen molar-refractivity contribution in [3.8, 4) is 0 Å². The third-order valence-electron chi connectivity index (χ3n) is 2.85. The second-order valence-corrected chi connectivity index (χ2v) is 3.88. The van der Waals surface area contributed by atoms with Gasteiger partial charge in [0.15, 0.2) is 0 Å². The van der Waals surface area contributed by atoms with Crippen molar-refractivity contribution >= 4 is 0 Å². The van der Waals surface area contributed by atoms with Crippen molar-refractivity contribution in [1.82, 2.24) is 0 Å². The Bertz CT molecular complexity index is 119. The molecule has 0 saturated heterocycles. The van der Waals surface area contributed by atoms with Gasteiger partial charge in [-0.15, -0.1) is 0 Å². The predicted octanol–water partition coefficient (Wildman–Crippen LogP) is 1.66. The molecule has 3 nitrogen and oxygen atoms in total. The first-order chi connectivity index (χ1) is 5.74. The lowest BCUT2D eigenvalue weighted by Gasteiger charge is -2.28. The molecule has 0 bridgehead atoms. The maximum Gasteiger partial charge on any atom is 0.108 e. The Morgan fingerprint density at radius 2 is 1.92 bits per heavy atom. The van der Waals surface area contributed by atoms with Crippen LogP contribution in [0.25, 0.3) is 0 Å². The molecule has 0 heterocycles. The fourth-order valence-corrected chi connectivity index (χ4v) is 1.88. The van der Waals surface area contributed by atoms with Gasteiger partial charge in [-0.05, 0) is 24.7 Å². The Morgan fingerprint density at radius 1 is 1.33 bits per heavy atom. The van der Waals surface area contributed by atoms with Gasteiger partial charge in [-0.25, -0.2) is 4.89 Å². The van der Waals surface area contributed by atoms with E-state index >= 15 is 0 Å². The minimum Gasteiger partial charge on any atom is -0.390 e. The Morgan fingerprint density at radius 3 is 2.42 bits per heavy atom. The molecule has 1 rings (SSSR count). The molecule has 0 aromatic heterocycles. The highest BCUT2D eigenvalue weighted by molar-refractivity contribution is 4.75. The lowest BCUT2D eigenvalue weighted by molar-refractivity contribution is -0.261. The van der Waals surface area contributed by atoms with Crippen molar-refractivity contribution in [2.45, 2.75) is 38.7 Å². The summed E-state index contributed by atoms with van der Waals surface area (Å²) in [5.41, 5.74) is 0. The Kier molecular flexibility index (Phi) is 3.98. The normalized spacial score (nSPS) is 33.2. The molecule has 0 aromatic carbocycles. The Balaban J connectivity index is 2.24. The summed E-state index contributed by atoms with van der Waals surface area (Å²) in [6.07, 6.45) is 4.01. The monoisotopic (exact) mass is 174 g/mol. The first-order valence-electron chi connectivity index (χ1n) is 4.68. The average molecular weight is 174 g/mol. The zero-order valence-electron chi connectivity index (χ0n) is 7.57. The van der Waals surface area contributed by atoms with Crippen LogP contribution in [0.2, 0.25) is 0 Å². The smallest absolute Gasteiger partial charge is 0.108 e. The summed E-state index contributed by atoms with van der Waals surface area (Å²) in [5.74, 6) is 1.12. The molecule has 12 heavy (non-hydrogen) atoms. The molecule has 3 heteroatoms. The van der Waals surface area contributed by atoms with Gasteiger partial charge in [-0.1, -0.05) is 19.8 Å². The number of aliphatic hydroxyl groups excluding tert-OH is 1. The van der Waals surface area contributed by atoms with E-state index in [4.69, 9.17) is 5.26 Å². The van der Waals surface area contributed by atoms with Gasteiger partial charge in [0.05, 0.1) is 6.10 Å². The first-order valence-corrected chi connectivity index (χ1v) is 4.68. The van der Waals surface area contributed by atoms with Crippen molar-refractivity contribution in [1.29, 1.82) is 0 Å². The summed E-state index contributed by atoms with van der Waals surface area (Å²) in [5, 5.41) is 17.6. The molecule has 0 radical (unpaired) electrons. The molecular weight excluding hydrogens is 156 g/mol. The minimum absolute atomic E-state index is 0.0546. The minimum atomic E-state index is -0.484. The molecule has 1 saturated carbocycles. The van der Waals surface area contributed by atoms with E-state index in [-0.39, 0.29) is 6.61 Å². The Hall–Kier alpha value is -0.120. The van der Waals surface area contributed by atoms with Crippen molar-refractivity contribution in [3.63, 3.8) is 0 Å². The van der Waals surface area contributed by atoms with E-state index in [1.54, 1.807) is 0 Å². The first kappa shape index (κ1) is 9.96. The van der Waals surface area contributed by atoms with E-state index in [2.05, 4.69) is 11.8 Å². The van der Waals surface area contributed by atoms with Crippen LogP contribution >= 0.6 is 0 Å². The Labute approximate surface area is 73.3 Å². The highest BCUT2D eigenvalue weighted by atomic mass is 17.1. The molecule has 1 atom stereocenters. The largest absolute Gasteiger partial charge is 0.390 e. The lowest BCUT2D eigenvalue weighted by Crippen LogP contribution is -2.28. The van der Waals surface area contributed by atoms with Crippen LogP contribution < -0.4 is 0 Å². The highest BCUT2D eigenvalue weighted by Crippen LogP contribution is 2.30. The molecule has 72 valence electrons. The highest BCUT2D eigenvalue weighted by Gasteiger charge is 2.24. The van der Waals surface area contributed by atoms with Crippen LogP contribution in [-0.4, -0.2) is 23.1 Å². The van der Waals surface area contributed by atoms with Gasteiger partial charge in [0, 0.05) is 0 Å². The summed E-state index contributed by atoms with van der Waals surface area (Å²) in [6.45, 7) is 2.30. The second-order valence-electron chi connectivity index (χ2n) is 3.88. The lowest BCUT2D eigenvalue weighted by atomic mass is 9.80. The van der Waals surface area contributed by atoms with Crippen molar-refractivity contribution < 1.29 is 15.3 Å². The third kappa shape index (κ3) is 2.73. The van der Waals surface area contributed by atoms with Gasteiger partial charge >= 0.3 is 0 Å². The number of hydrogen-bond donors (Lipinski definition) is 2. The molecule has 0 spiro atoms. The second kappa shape index (κ2) is 4.80. The summed E-state index contributed by atoms with van der Waals surface area (Å²) in [4.78, 5) is 3.93. The van der Waals surface area contributed by atoms with Crippen LogP contribution in [0.1, 0.15) is 32.6 Å². The van der Waals surface area contributed by atoms with E-state index in [1.807, 2.05) is 0 Å². The maximum atomic E-state index is 9.48. The van der Waals surface area contributed by atoms with Crippen molar-refractivity contribution in [2.75, 3.05) is 6.61 Å². The van der Waals surface area contributed by atoms with Crippen molar-refractivity contribution in [2.24, 2.45) is 11.8 Å². The number of aliphatic hydroxyl groups is 1. The molecule has 2 N–H and O–H groups in total. The summed E-state index contributed by atoms with van der Waals surface area (Å²) in [6, 6.07) is 0. The van der Waals surface area contributed by atoms with Crippen LogP contribution in [0.15, 0.2) is 0 Å². The van der Waals surface area contributed by atoms with Crippen LogP contribution in [-0.2, 0) is 4.89 Å². The van der Waals surface area contributed by atoms with Gasteiger partial charge in [0.1, 0.15) is 6.61 Å².